The first-order chi connectivity index (χ1) is 11.2. The van der Waals surface area contributed by atoms with Gasteiger partial charge in [-0.3, -0.25) is 4.79 Å². The van der Waals surface area contributed by atoms with Crippen LogP contribution in [0.2, 0.25) is 0 Å². The lowest BCUT2D eigenvalue weighted by molar-refractivity contribution is -0.127. The second-order valence-electron chi connectivity index (χ2n) is 5.55. The molecule has 1 fully saturated rings. The highest BCUT2D eigenvalue weighted by molar-refractivity contribution is 5.87. The number of halogens is 1. The zero-order valence-electron chi connectivity index (χ0n) is 12.9. The molecule has 1 amide bonds. The Morgan fingerprint density at radius 1 is 1.26 bits per heavy atom. The molecule has 0 N–H and O–H groups in total. The Balaban J connectivity index is 1.65. The minimum absolute atomic E-state index is 0.0449. The summed E-state index contributed by atoms with van der Waals surface area (Å²) in [5, 5.41) is 8.16. The Labute approximate surface area is 133 Å². The lowest BCUT2D eigenvalue weighted by Gasteiger charge is -2.29. The zero-order chi connectivity index (χ0) is 16.2. The molecule has 1 aromatic heterocycles. The van der Waals surface area contributed by atoms with Gasteiger partial charge in [-0.15, -0.1) is 10.2 Å². The van der Waals surface area contributed by atoms with E-state index < -0.39 is 0 Å². The zero-order valence-corrected chi connectivity index (χ0v) is 12.9. The van der Waals surface area contributed by atoms with Crippen LogP contribution >= 0.6 is 0 Å². The van der Waals surface area contributed by atoms with Crippen LogP contribution in [0, 0.1) is 5.82 Å². The van der Waals surface area contributed by atoms with Crippen molar-refractivity contribution in [2.45, 2.75) is 25.7 Å². The van der Waals surface area contributed by atoms with Crippen LogP contribution in [0.15, 0.2) is 40.8 Å². The van der Waals surface area contributed by atoms with Crippen LogP contribution in [0.1, 0.15) is 31.6 Å². The van der Waals surface area contributed by atoms with Gasteiger partial charge < -0.3 is 9.32 Å². The molecule has 1 aliphatic heterocycles. The Kier molecular flexibility index (Phi) is 4.50. The molecule has 1 aromatic carbocycles. The second-order valence-corrected chi connectivity index (χ2v) is 5.55. The van der Waals surface area contributed by atoms with Crippen LogP contribution in [-0.2, 0) is 4.79 Å². The average molecular weight is 315 g/mol. The van der Waals surface area contributed by atoms with Gasteiger partial charge in [-0.1, -0.05) is 6.08 Å². The molecular formula is C17H18FN3O2. The van der Waals surface area contributed by atoms with E-state index in [0.717, 1.165) is 12.8 Å². The molecule has 2 aromatic rings. The van der Waals surface area contributed by atoms with E-state index in [9.17, 15) is 9.18 Å². The van der Waals surface area contributed by atoms with Crippen molar-refractivity contribution in [3.63, 3.8) is 0 Å². The number of hydrogen-bond acceptors (Lipinski definition) is 4. The van der Waals surface area contributed by atoms with Crippen LogP contribution in [0.25, 0.3) is 11.5 Å². The Bertz CT molecular complexity index is 701. The summed E-state index contributed by atoms with van der Waals surface area (Å²) in [7, 11) is 0. The molecule has 0 unspecified atom stereocenters. The summed E-state index contributed by atoms with van der Waals surface area (Å²) in [5.74, 6) is 0.886. The molecular weight excluding hydrogens is 297 g/mol. The van der Waals surface area contributed by atoms with E-state index in [1.165, 1.54) is 12.1 Å². The van der Waals surface area contributed by atoms with Crippen LogP contribution in [0.3, 0.4) is 0 Å². The van der Waals surface area contributed by atoms with E-state index in [4.69, 9.17) is 4.42 Å². The van der Waals surface area contributed by atoms with Crippen molar-refractivity contribution in [2.24, 2.45) is 0 Å². The Morgan fingerprint density at radius 2 is 1.96 bits per heavy atom. The van der Waals surface area contributed by atoms with Gasteiger partial charge in [0.1, 0.15) is 5.82 Å². The maximum atomic E-state index is 13.0. The molecule has 0 bridgehead atoms. The monoisotopic (exact) mass is 315 g/mol. The van der Waals surface area contributed by atoms with Crippen molar-refractivity contribution in [2.75, 3.05) is 13.1 Å². The standard InChI is InChI=1S/C17H18FN3O2/c1-2-3-15(22)21-10-8-13(9-11-21)17-20-19-16(23-17)12-4-6-14(18)7-5-12/h2-7,13H,8-11H2,1H3/b3-2+. The summed E-state index contributed by atoms with van der Waals surface area (Å²) in [6, 6.07) is 5.96. The second kappa shape index (κ2) is 6.73. The molecule has 1 aliphatic rings. The third kappa shape index (κ3) is 3.47. The molecule has 3 rings (SSSR count). The fourth-order valence-corrected chi connectivity index (χ4v) is 2.70. The van der Waals surface area contributed by atoms with Gasteiger partial charge in [0, 0.05) is 24.6 Å². The molecule has 6 heteroatoms. The molecule has 0 saturated carbocycles. The first-order valence-electron chi connectivity index (χ1n) is 7.68. The fraction of sp³-hybridized carbons (Fsp3) is 0.353. The minimum Gasteiger partial charge on any atom is -0.420 e. The smallest absolute Gasteiger partial charge is 0.247 e. The highest BCUT2D eigenvalue weighted by Crippen LogP contribution is 2.29. The molecule has 0 spiro atoms. The number of allylic oxidation sites excluding steroid dienone is 1. The average Bonchev–Trinajstić information content (AvgIpc) is 3.06. The van der Waals surface area contributed by atoms with Gasteiger partial charge in [0.25, 0.3) is 0 Å². The van der Waals surface area contributed by atoms with E-state index in [0.29, 0.717) is 30.4 Å². The lowest BCUT2D eigenvalue weighted by atomic mass is 9.97. The topological polar surface area (TPSA) is 59.2 Å². The predicted octanol–water partition coefficient (Wildman–Crippen LogP) is 3.16. The number of nitrogens with zero attached hydrogens (tertiary/aromatic N) is 3. The number of carbonyl (C=O) groups excluding carboxylic acids is 1. The van der Waals surface area contributed by atoms with Crippen molar-refractivity contribution in [1.82, 2.24) is 15.1 Å². The highest BCUT2D eigenvalue weighted by atomic mass is 19.1. The Hall–Kier alpha value is -2.50. The maximum absolute atomic E-state index is 13.0. The predicted molar refractivity (Wildman–Crippen MR) is 83.1 cm³/mol. The molecule has 0 aliphatic carbocycles. The van der Waals surface area contributed by atoms with Gasteiger partial charge in [-0.05, 0) is 50.1 Å². The fourth-order valence-electron chi connectivity index (χ4n) is 2.70. The normalized spacial score (nSPS) is 16.2. The first kappa shape index (κ1) is 15.4. The molecule has 0 atom stereocenters. The van der Waals surface area contributed by atoms with Gasteiger partial charge in [-0.2, -0.15) is 0 Å². The molecule has 23 heavy (non-hydrogen) atoms. The molecule has 0 radical (unpaired) electrons. The van der Waals surface area contributed by atoms with Crippen LogP contribution in [0.5, 0.6) is 0 Å². The summed E-state index contributed by atoms with van der Waals surface area (Å²) >= 11 is 0. The Morgan fingerprint density at radius 3 is 2.61 bits per heavy atom. The van der Waals surface area contributed by atoms with Gasteiger partial charge in [0.15, 0.2) is 0 Å². The summed E-state index contributed by atoms with van der Waals surface area (Å²) in [6.45, 7) is 3.20. The van der Waals surface area contributed by atoms with Crippen molar-refractivity contribution in [1.29, 1.82) is 0 Å². The summed E-state index contributed by atoms with van der Waals surface area (Å²) in [6.07, 6.45) is 4.93. The van der Waals surface area contributed by atoms with E-state index in [1.807, 2.05) is 11.8 Å². The third-order valence-electron chi connectivity index (χ3n) is 4.00. The molecule has 2 heterocycles. The summed E-state index contributed by atoms with van der Waals surface area (Å²) in [4.78, 5) is 13.6. The van der Waals surface area contributed by atoms with E-state index in [1.54, 1.807) is 24.3 Å². The van der Waals surface area contributed by atoms with Crippen LogP contribution in [0.4, 0.5) is 4.39 Å². The first-order valence-corrected chi connectivity index (χ1v) is 7.68. The summed E-state index contributed by atoms with van der Waals surface area (Å²) in [5.41, 5.74) is 0.700. The van der Waals surface area contributed by atoms with Gasteiger partial charge >= 0.3 is 0 Å². The lowest BCUT2D eigenvalue weighted by Crippen LogP contribution is -2.36. The number of piperidine rings is 1. The summed E-state index contributed by atoms with van der Waals surface area (Å²) < 4.78 is 18.7. The number of carbonyl (C=O) groups is 1. The van der Waals surface area contributed by atoms with Crippen LogP contribution in [-0.4, -0.2) is 34.1 Å². The number of benzene rings is 1. The molecule has 5 nitrogen and oxygen atoms in total. The number of hydrogen-bond donors (Lipinski definition) is 0. The number of aromatic nitrogens is 2. The van der Waals surface area contributed by atoms with Gasteiger partial charge in [0.2, 0.25) is 17.7 Å². The van der Waals surface area contributed by atoms with E-state index in [-0.39, 0.29) is 17.6 Å². The molecule has 1 saturated heterocycles. The van der Waals surface area contributed by atoms with Gasteiger partial charge in [-0.25, -0.2) is 4.39 Å². The van der Waals surface area contributed by atoms with Crippen molar-refractivity contribution < 1.29 is 13.6 Å². The van der Waals surface area contributed by atoms with Crippen molar-refractivity contribution in [3.05, 3.63) is 48.1 Å². The SMILES string of the molecule is C/C=C/C(=O)N1CCC(c2nnc(-c3ccc(F)cc3)o2)CC1. The molecule has 120 valence electrons. The van der Waals surface area contributed by atoms with E-state index >= 15 is 0 Å². The van der Waals surface area contributed by atoms with Crippen LogP contribution < -0.4 is 0 Å². The van der Waals surface area contributed by atoms with E-state index in [2.05, 4.69) is 10.2 Å². The quantitative estimate of drug-likeness (QED) is 0.816. The van der Waals surface area contributed by atoms with Crippen molar-refractivity contribution >= 4 is 5.91 Å². The van der Waals surface area contributed by atoms with Crippen molar-refractivity contribution in [3.8, 4) is 11.5 Å². The highest BCUT2D eigenvalue weighted by Gasteiger charge is 2.26. The third-order valence-corrected chi connectivity index (χ3v) is 4.00. The largest absolute Gasteiger partial charge is 0.420 e. The maximum Gasteiger partial charge on any atom is 0.247 e. The number of likely N-dealkylation sites (tertiary alicyclic amines) is 1. The van der Waals surface area contributed by atoms with Gasteiger partial charge in [0.05, 0.1) is 0 Å². The number of amides is 1. The minimum atomic E-state index is -0.299. The number of rotatable bonds is 3.